The monoisotopic (exact) mass is 520 g/mol. The lowest BCUT2D eigenvalue weighted by molar-refractivity contribution is 0.0529. The van der Waals surface area contributed by atoms with Gasteiger partial charge in [-0.1, -0.05) is 6.07 Å². The first-order valence-electron chi connectivity index (χ1n) is 14.1. The average Bonchev–Trinajstić information content (AvgIpc) is 3.58. The minimum atomic E-state index is -0.379. The first kappa shape index (κ1) is 25.4. The van der Waals surface area contributed by atoms with Crippen molar-refractivity contribution in [3.8, 4) is 0 Å². The predicted molar refractivity (Wildman–Crippen MR) is 149 cm³/mol. The molecule has 1 spiro atoms. The second-order valence-electron chi connectivity index (χ2n) is 12.3. The summed E-state index contributed by atoms with van der Waals surface area (Å²) in [6.07, 6.45) is 5.41. The summed E-state index contributed by atoms with van der Waals surface area (Å²) in [4.78, 5) is 30.1. The van der Waals surface area contributed by atoms with Crippen molar-refractivity contribution in [1.29, 1.82) is 0 Å². The normalized spacial score (nSPS) is 26.1. The number of piperidine rings is 1. The van der Waals surface area contributed by atoms with Gasteiger partial charge in [-0.05, 0) is 82.6 Å². The molecule has 6 rings (SSSR count). The maximum Gasteiger partial charge on any atom is 0.260 e. The van der Waals surface area contributed by atoms with Crippen molar-refractivity contribution in [3.63, 3.8) is 0 Å². The summed E-state index contributed by atoms with van der Waals surface area (Å²) in [7, 11) is 0. The molecule has 1 saturated carbocycles. The highest BCUT2D eigenvalue weighted by molar-refractivity contribution is 6.07. The Hall–Kier alpha value is -2.91. The first-order chi connectivity index (χ1) is 18.2. The molecule has 4 fully saturated rings. The Bertz CT molecular complexity index is 1190. The van der Waals surface area contributed by atoms with Gasteiger partial charge in [0.15, 0.2) is 0 Å². The molecule has 3 saturated heterocycles. The molecule has 5 heterocycles. The molecule has 2 atom stereocenters. The van der Waals surface area contributed by atoms with E-state index in [1.54, 1.807) is 0 Å². The van der Waals surface area contributed by atoms with Crippen LogP contribution < -0.4 is 20.0 Å². The summed E-state index contributed by atoms with van der Waals surface area (Å²) >= 11 is 0. The van der Waals surface area contributed by atoms with E-state index in [0.29, 0.717) is 36.4 Å². The van der Waals surface area contributed by atoms with Gasteiger partial charge in [0.05, 0.1) is 24.4 Å². The van der Waals surface area contributed by atoms with Gasteiger partial charge < -0.3 is 29.9 Å². The molecule has 2 N–H and O–H groups in total. The molecular formula is C29H40N6O3. The number of carbonyl (C=O) groups is 1. The Labute approximate surface area is 225 Å². The summed E-state index contributed by atoms with van der Waals surface area (Å²) in [6.45, 7) is 10.9. The Morgan fingerprint density at radius 3 is 2.47 bits per heavy atom. The summed E-state index contributed by atoms with van der Waals surface area (Å²) in [5.41, 5.74) is 0.888. The van der Waals surface area contributed by atoms with E-state index in [0.717, 1.165) is 56.5 Å². The van der Waals surface area contributed by atoms with E-state index in [2.05, 4.69) is 40.8 Å². The molecule has 1 amide bonds. The van der Waals surface area contributed by atoms with Gasteiger partial charge in [0, 0.05) is 38.3 Å². The Kier molecular flexibility index (Phi) is 6.46. The Morgan fingerprint density at radius 1 is 1.00 bits per heavy atom. The molecule has 0 radical (unpaired) electrons. The maximum absolute atomic E-state index is 13.7. The van der Waals surface area contributed by atoms with Crippen LogP contribution in [-0.4, -0.2) is 78.1 Å². The van der Waals surface area contributed by atoms with Crippen molar-refractivity contribution in [2.45, 2.75) is 70.6 Å². The van der Waals surface area contributed by atoms with Crippen LogP contribution >= 0.6 is 0 Å². The smallest absolute Gasteiger partial charge is 0.260 e. The van der Waals surface area contributed by atoms with Gasteiger partial charge >= 0.3 is 0 Å². The molecule has 3 aliphatic heterocycles. The number of ether oxygens (including phenoxy) is 1. The number of nitrogens with one attached hydrogen (secondary N) is 1. The fraction of sp³-hybridized carbons (Fsp3) is 0.621. The molecule has 38 heavy (non-hydrogen) atoms. The molecule has 9 heteroatoms. The molecule has 204 valence electrons. The maximum atomic E-state index is 13.7. The molecule has 0 bridgehead atoms. The van der Waals surface area contributed by atoms with Crippen molar-refractivity contribution in [2.75, 3.05) is 59.3 Å². The predicted octanol–water partition coefficient (Wildman–Crippen LogP) is 3.68. The number of aliphatic hydroxyl groups is 1. The number of aromatic nitrogens is 2. The SMILES string of the molecule is C[C@@H]1CN(c2cccc(NC(=O)c3ccc(N4CC(O)CC4(C)C)nc3N3CCC4(CC3)CC4)n2)CCO1. The quantitative estimate of drug-likeness (QED) is 0.617. The molecule has 1 aliphatic carbocycles. The summed E-state index contributed by atoms with van der Waals surface area (Å²) in [6, 6.07) is 9.55. The number of morpholine rings is 1. The Morgan fingerprint density at radius 2 is 1.79 bits per heavy atom. The molecule has 2 aromatic heterocycles. The van der Waals surface area contributed by atoms with Crippen molar-refractivity contribution >= 4 is 29.2 Å². The van der Waals surface area contributed by atoms with Crippen LogP contribution in [-0.2, 0) is 4.74 Å². The van der Waals surface area contributed by atoms with Gasteiger partial charge in [-0.25, -0.2) is 9.97 Å². The van der Waals surface area contributed by atoms with Gasteiger partial charge in [-0.3, -0.25) is 4.79 Å². The molecule has 1 unspecified atom stereocenters. The highest BCUT2D eigenvalue weighted by atomic mass is 16.5. The molecule has 2 aromatic rings. The lowest BCUT2D eigenvalue weighted by Crippen LogP contribution is -2.41. The first-order valence-corrected chi connectivity index (χ1v) is 14.1. The highest BCUT2D eigenvalue weighted by Gasteiger charge is 2.45. The van der Waals surface area contributed by atoms with E-state index in [-0.39, 0.29) is 23.7 Å². The third-order valence-corrected chi connectivity index (χ3v) is 8.86. The second kappa shape index (κ2) is 9.68. The van der Waals surface area contributed by atoms with Crippen LogP contribution in [0.2, 0.25) is 0 Å². The topological polar surface area (TPSA) is 94.1 Å². The third-order valence-electron chi connectivity index (χ3n) is 8.86. The van der Waals surface area contributed by atoms with Crippen LogP contribution in [0.5, 0.6) is 0 Å². The van der Waals surface area contributed by atoms with Gasteiger partial charge in [-0.2, -0.15) is 0 Å². The average molecular weight is 521 g/mol. The number of pyridine rings is 2. The number of β-amino-alcohol motifs (C(OH)–C–C–N with tert-alkyl or cyclic N) is 1. The summed E-state index contributed by atoms with van der Waals surface area (Å²) in [5, 5.41) is 13.4. The van der Waals surface area contributed by atoms with E-state index in [1.165, 1.54) is 12.8 Å². The zero-order valence-corrected chi connectivity index (χ0v) is 22.8. The number of carbonyl (C=O) groups excluding carboxylic acids is 1. The van der Waals surface area contributed by atoms with Crippen LogP contribution in [0.4, 0.5) is 23.3 Å². The fourth-order valence-corrected chi connectivity index (χ4v) is 6.37. The third kappa shape index (κ3) is 5.06. The standard InChI is InChI=1S/C29H40N6O3/c1-20-18-34(15-16-38-20)24-6-4-5-23(30-24)31-27(37)22-7-8-25(35-19-21(36)17-28(35,2)3)32-26(22)33-13-11-29(9-10-29)12-14-33/h4-8,20-21,36H,9-19H2,1-3H3,(H,30,31,37)/t20-,21?/m1/s1. The van der Waals surface area contributed by atoms with Gasteiger partial charge in [0.2, 0.25) is 0 Å². The van der Waals surface area contributed by atoms with Crippen LogP contribution in [0, 0.1) is 5.41 Å². The van der Waals surface area contributed by atoms with E-state index >= 15 is 0 Å². The van der Waals surface area contributed by atoms with Gasteiger partial charge in [0.25, 0.3) is 5.91 Å². The van der Waals surface area contributed by atoms with E-state index in [4.69, 9.17) is 14.7 Å². The molecule has 0 aromatic carbocycles. The number of rotatable bonds is 5. The highest BCUT2D eigenvalue weighted by Crippen LogP contribution is 2.54. The van der Waals surface area contributed by atoms with E-state index < -0.39 is 0 Å². The number of hydrogen-bond donors (Lipinski definition) is 2. The van der Waals surface area contributed by atoms with Crippen LogP contribution in [0.25, 0.3) is 0 Å². The van der Waals surface area contributed by atoms with Crippen molar-refractivity contribution in [3.05, 3.63) is 35.9 Å². The number of aliphatic hydroxyl groups excluding tert-OH is 1. The zero-order valence-electron chi connectivity index (χ0n) is 22.8. The van der Waals surface area contributed by atoms with E-state index in [1.807, 2.05) is 30.3 Å². The van der Waals surface area contributed by atoms with Crippen LogP contribution in [0.15, 0.2) is 30.3 Å². The van der Waals surface area contributed by atoms with Gasteiger partial charge in [0.1, 0.15) is 23.3 Å². The van der Waals surface area contributed by atoms with Crippen LogP contribution in [0.1, 0.15) is 63.2 Å². The van der Waals surface area contributed by atoms with Crippen molar-refractivity contribution in [1.82, 2.24) is 9.97 Å². The fourth-order valence-electron chi connectivity index (χ4n) is 6.37. The summed E-state index contributed by atoms with van der Waals surface area (Å²) in [5.74, 6) is 2.71. The zero-order chi connectivity index (χ0) is 26.5. The lowest BCUT2D eigenvalue weighted by atomic mass is 9.93. The number of amides is 1. The molecule has 4 aliphatic rings. The lowest BCUT2D eigenvalue weighted by Gasteiger charge is -2.36. The number of anilines is 4. The van der Waals surface area contributed by atoms with Crippen molar-refractivity contribution in [2.24, 2.45) is 5.41 Å². The van der Waals surface area contributed by atoms with Crippen molar-refractivity contribution < 1.29 is 14.6 Å². The Balaban J connectivity index is 1.27. The minimum Gasteiger partial charge on any atom is -0.391 e. The second-order valence-corrected chi connectivity index (χ2v) is 12.3. The minimum absolute atomic E-state index is 0.150. The van der Waals surface area contributed by atoms with E-state index in [9.17, 15) is 9.90 Å². The number of nitrogens with zero attached hydrogens (tertiary/aromatic N) is 5. The van der Waals surface area contributed by atoms with Gasteiger partial charge in [-0.15, -0.1) is 0 Å². The molecular weight excluding hydrogens is 480 g/mol. The molecule has 9 nitrogen and oxygen atoms in total. The largest absolute Gasteiger partial charge is 0.391 e. The van der Waals surface area contributed by atoms with Crippen LogP contribution in [0.3, 0.4) is 0 Å². The number of hydrogen-bond acceptors (Lipinski definition) is 8. The summed E-state index contributed by atoms with van der Waals surface area (Å²) < 4.78 is 5.67.